The topological polar surface area (TPSA) is 146 Å². The number of hydrogen-bond acceptors (Lipinski definition) is 6. The van der Waals surface area contributed by atoms with Crippen molar-refractivity contribution in [3.63, 3.8) is 0 Å². The normalized spacial score (nSPS) is 18.7. The van der Waals surface area contributed by atoms with Crippen LogP contribution in [0, 0.1) is 11.6 Å². The molecule has 0 radical (unpaired) electrons. The summed E-state index contributed by atoms with van der Waals surface area (Å²) in [7, 11) is 0. The number of imidazole rings is 1. The Balaban J connectivity index is 1.43. The van der Waals surface area contributed by atoms with Crippen molar-refractivity contribution < 1.29 is 23.4 Å². The number of nitrogens with two attached hydrogens (primary N) is 2. The number of fused-ring (bicyclic) bond motifs is 8. The van der Waals surface area contributed by atoms with E-state index in [-0.39, 0.29) is 30.0 Å². The molecule has 1 atom stereocenters. The van der Waals surface area contributed by atoms with Gasteiger partial charge in [0.05, 0.1) is 12.1 Å². The summed E-state index contributed by atoms with van der Waals surface area (Å²) in [6.07, 6.45) is 9.49. The van der Waals surface area contributed by atoms with Crippen molar-refractivity contribution in [2.75, 3.05) is 0 Å². The lowest BCUT2D eigenvalue weighted by molar-refractivity contribution is -0.136. The van der Waals surface area contributed by atoms with Gasteiger partial charge in [-0.1, -0.05) is 37.1 Å². The number of benzene rings is 3. The summed E-state index contributed by atoms with van der Waals surface area (Å²) in [6, 6.07) is 15.3. The number of H-pyrrole nitrogens is 2. The van der Waals surface area contributed by atoms with Crippen LogP contribution < -0.4 is 16.3 Å². The number of allylic oxidation sites excluding steroid dienone is 1. The van der Waals surface area contributed by atoms with Gasteiger partial charge < -0.3 is 30.6 Å². The summed E-state index contributed by atoms with van der Waals surface area (Å²) in [4.78, 5) is 22.2. The Bertz CT molecular complexity index is 1950. The van der Waals surface area contributed by atoms with Crippen molar-refractivity contribution >= 4 is 16.9 Å². The number of nitrogens with zero attached hydrogens (tertiary/aromatic N) is 2. The number of ether oxygens (including phenoxy) is 1. The van der Waals surface area contributed by atoms with Crippen molar-refractivity contribution in [1.29, 1.82) is 0 Å². The summed E-state index contributed by atoms with van der Waals surface area (Å²) >= 11 is 0. The summed E-state index contributed by atoms with van der Waals surface area (Å²) in [5.74, 6) is 4.91. The molecule has 0 aliphatic carbocycles. The third-order valence-corrected chi connectivity index (χ3v) is 8.96. The zero-order valence-corrected chi connectivity index (χ0v) is 26.2. The number of aromatic amines is 2. The zero-order valence-electron chi connectivity index (χ0n) is 26.2. The molecule has 11 heteroatoms. The molecule has 6 rings (SSSR count). The quantitative estimate of drug-likeness (QED) is 0.129. The fraction of sp³-hybridized carbons (Fsp3) is 0.278. The molecule has 1 unspecified atom stereocenters. The Hall–Kier alpha value is -5.16. The number of halogens is 2. The number of rotatable bonds is 4. The molecule has 7 N–H and O–H groups in total. The molecule has 47 heavy (non-hydrogen) atoms. The van der Waals surface area contributed by atoms with Crippen molar-refractivity contribution in [2.24, 2.45) is 11.6 Å². The third-order valence-electron chi connectivity index (χ3n) is 8.96. The molecule has 3 aromatic carbocycles. The molecular weight excluding hydrogens is 602 g/mol. The minimum atomic E-state index is -0.852. The van der Waals surface area contributed by atoms with Crippen LogP contribution in [0.3, 0.4) is 0 Å². The lowest BCUT2D eigenvalue weighted by Gasteiger charge is -2.30. The van der Waals surface area contributed by atoms with E-state index in [4.69, 9.17) is 16.3 Å². The Kier molecular flexibility index (Phi) is 8.99. The van der Waals surface area contributed by atoms with E-state index in [0.29, 0.717) is 35.4 Å². The molecule has 4 bridgehead atoms. The lowest BCUT2D eigenvalue weighted by Crippen LogP contribution is -2.26. The Morgan fingerprint density at radius 1 is 1.11 bits per heavy atom. The highest BCUT2D eigenvalue weighted by molar-refractivity contribution is 5.85. The van der Waals surface area contributed by atoms with Crippen molar-refractivity contribution in [3.8, 4) is 22.9 Å². The molecule has 9 nitrogen and oxygen atoms in total. The fourth-order valence-electron chi connectivity index (χ4n) is 6.34. The SMILES string of the molecule is CC1(c2cccc(CCC(=O)O)c2)CCCCC/C(N)=C/N(N)Cc2c(c(F)cc3[nH]ccc23)Oc2ccc(F)c(c2)-c2ncc1[nH]2. The average Bonchev–Trinajstić information content (AvgIpc) is 3.72. The van der Waals surface area contributed by atoms with Crippen LogP contribution in [-0.4, -0.2) is 31.0 Å². The summed E-state index contributed by atoms with van der Waals surface area (Å²) in [5, 5.41) is 11.4. The van der Waals surface area contributed by atoms with Gasteiger partial charge in [0.25, 0.3) is 0 Å². The van der Waals surface area contributed by atoms with Gasteiger partial charge in [-0.15, -0.1) is 0 Å². The molecule has 2 aromatic heterocycles. The number of aromatic nitrogens is 3. The van der Waals surface area contributed by atoms with Crippen molar-refractivity contribution in [2.45, 2.75) is 63.8 Å². The molecule has 0 spiro atoms. The Morgan fingerprint density at radius 3 is 2.79 bits per heavy atom. The van der Waals surface area contributed by atoms with E-state index in [0.717, 1.165) is 47.9 Å². The Labute approximate surface area is 271 Å². The first kappa shape index (κ1) is 31.8. The first-order chi connectivity index (χ1) is 22.6. The van der Waals surface area contributed by atoms with E-state index in [2.05, 4.69) is 21.9 Å². The van der Waals surface area contributed by atoms with Gasteiger partial charge in [-0.25, -0.2) is 19.6 Å². The molecule has 5 aromatic rings. The van der Waals surface area contributed by atoms with E-state index < -0.39 is 23.0 Å². The molecule has 3 heterocycles. The van der Waals surface area contributed by atoms with E-state index >= 15 is 8.78 Å². The van der Waals surface area contributed by atoms with E-state index in [1.54, 1.807) is 18.6 Å². The second-order valence-electron chi connectivity index (χ2n) is 12.4. The second-order valence-corrected chi connectivity index (χ2v) is 12.4. The largest absolute Gasteiger partial charge is 0.481 e. The highest BCUT2D eigenvalue weighted by atomic mass is 19.1. The van der Waals surface area contributed by atoms with Gasteiger partial charge in [0.2, 0.25) is 0 Å². The number of aryl methyl sites for hydroxylation is 1. The van der Waals surface area contributed by atoms with Crippen LogP contribution in [0.5, 0.6) is 11.5 Å². The van der Waals surface area contributed by atoms with Crippen molar-refractivity contribution in [3.05, 3.63) is 113 Å². The van der Waals surface area contributed by atoms with Crippen LogP contribution in [-0.2, 0) is 23.2 Å². The first-order valence-corrected chi connectivity index (χ1v) is 15.7. The summed E-state index contributed by atoms with van der Waals surface area (Å²) < 4.78 is 37.1. The smallest absolute Gasteiger partial charge is 0.303 e. The van der Waals surface area contributed by atoms with Gasteiger partial charge in [0.1, 0.15) is 17.4 Å². The molecule has 1 aliphatic rings. The predicted octanol–water partition coefficient (Wildman–Crippen LogP) is 7.39. The van der Waals surface area contributed by atoms with Gasteiger partial charge in [-0.2, -0.15) is 0 Å². The Morgan fingerprint density at radius 2 is 1.96 bits per heavy atom. The fourth-order valence-corrected chi connectivity index (χ4v) is 6.34. The maximum absolute atomic E-state index is 15.6. The van der Waals surface area contributed by atoms with Crippen LogP contribution in [0.15, 0.2) is 78.9 Å². The van der Waals surface area contributed by atoms with Crippen molar-refractivity contribution in [1.82, 2.24) is 20.0 Å². The first-order valence-electron chi connectivity index (χ1n) is 15.7. The number of carboxylic acids is 1. The minimum Gasteiger partial charge on any atom is -0.481 e. The van der Waals surface area contributed by atoms with Gasteiger partial charge >= 0.3 is 5.97 Å². The lowest BCUT2D eigenvalue weighted by atomic mass is 9.75. The number of hydrogen-bond donors (Lipinski definition) is 5. The highest BCUT2D eigenvalue weighted by Gasteiger charge is 2.31. The summed E-state index contributed by atoms with van der Waals surface area (Å²) in [5.41, 5.74) is 10.4. The van der Waals surface area contributed by atoms with Crippen LogP contribution >= 0.6 is 0 Å². The molecular formula is C36H38F2N6O3. The second kappa shape index (κ2) is 13.3. The van der Waals surface area contributed by atoms with Crippen LogP contribution in [0.1, 0.15) is 67.8 Å². The van der Waals surface area contributed by atoms with E-state index in [1.165, 1.54) is 29.3 Å². The molecule has 1 aliphatic heterocycles. The average molecular weight is 641 g/mol. The number of hydrazine groups is 1. The molecule has 0 saturated carbocycles. The van der Waals surface area contributed by atoms with Crippen LogP contribution in [0.4, 0.5) is 8.78 Å². The maximum atomic E-state index is 15.6. The van der Waals surface area contributed by atoms with E-state index in [1.807, 2.05) is 30.3 Å². The number of aliphatic carboxylic acids is 1. The number of carboxylic acid groups (broad SMARTS) is 1. The van der Waals surface area contributed by atoms with E-state index in [9.17, 15) is 9.90 Å². The molecule has 244 valence electrons. The van der Waals surface area contributed by atoms with Crippen LogP contribution in [0.25, 0.3) is 22.3 Å². The van der Waals surface area contributed by atoms with Gasteiger partial charge in [-0.3, -0.25) is 4.79 Å². The highest BCUT2D eigenvalue weighted by Crippen LogP contribution is 2.40. The molecule has 0 saturated heterocycles. The van der Waals surface area contributed by atoms with Gasteiger partial charge in [0, 0.05) is 64.4 Å². The third kappa shape index (κ3) is 6.85. The predicted molar refractivity (Wildman–Crippen MR) is 176 cm³/mol. The monoisotopic (exact) mass is 640 g/mol. The number of carbonyl (C=O) groups is 1. The molecule has 0 amide bonds. The van der Waals surface area contributed by atoms with Crippen LogP contribution in [0.2, 0.25) is 0 Å². The van der Waals surface area contributed by atoms with Gasteiger partial charge in [-0.05, 0) is 68.0 Å². The minimum absolute atomic E-state index is 0.0227. The maximum Gasteiger partial charge on any atom is 0.303 e. The molecule has 0 fully saturated rings. The summed E-state index contributed by atoms with van der Waals surface area (Å²) in [6.45, 7) is 2.22. The number of nitrogens with one attached hydrogen (secondary N) is 2. The zero-order chi connectivity index (χ0) is 33.1. The standard InChI is InChI=1S/C36H38F2N6O3/c1-36(23-7-5-6-22(16-23)9-12-33(45)46)14-4-2-3-8-24(39)20-44(40)21-28-26-13-15-41-31(26)18-30(38)34(28)47-25-10-11-29(37)27(17-25)35-42-19-32(36)43-35/h5-7,10-11,13,15-20,41H,2-4,8-9,12,14,21,39-40H2,1H3,(H,42,43)(H,45,46)/b24-20-. The van der Waals surface area contributed by atoms with Gasteiger partial charge in [0.15, 0.2) is 11.6 Å².